The van der Waals surface area contributed by atoms with Gasteiger partial charge < -0.3 is 15.0 Å². The molecule has 0 aromatic heterocycles. The van der Waals surface area contributed by atoms with Crippen molar-refractivity contribution in [2.24, 2.45) is 5.92 Å². The second-order valence-corrected chi connectivity index (χ2v) is 4.81. The molecule has 0 spiro atoms. The molecule has 0 aliphatic rings. The van der Waals surface area contributed by atoms with E-state index in [0.29, 0.717) is 12.5 Å². The quantitative estimate of drug-likeness (QED) is 0.715. The van der Waals surface area contributed by atoms with Crippen LogP contribution >= 0.6 is 0 Å². The van der Waals surface area contributed by atoms with Crippen LogP contribution in [0.5, 0.6) is 0 Å². The second-order valence-electron chi connectivity index (χ2n) is 4.81. The number of hydrogen-bond donors (Lipinski definition) is 1. The van der Waals surface area contributed by atoms with Gasteiger partial charge in [-0.1, -0.05) is 13.8 Å². The molecule has 17 heavy (non-hydrogen) atoms. The fraction of sp³-hybridized carbons (Fsp3) is 0.833. The van der Waals surface area contributed by atoms with Crippen LogP contribution in [0.3, 0.4) is 0 Å². The van der Waals surface area contributed by atoms with Crippen molar-refractivity contribution in [1.29, 1.82) is 0 Å². The molecule has 5 heteroatoms. The van der Waals surface area contributed by atoms with Gasteiger partial charge in [0.2, 0.25) is 11.8 Å². The van der Waals surface area contributed by atoms with Crippen LogP contribution in [0.15, 0.2) is 0 Å². The van der Waals surface area contributed by atoms with E-state index >= 15 is 0 Å². The molecular formula is C12H24N2O3. The molecule has 100 valence electrons. The number of carbonyl (C=O) groups excluding carboxylic acids is 2. The standard InChI is InChI=1S/C12H24N2O3/c1-9(2)6-13-11(15)7-14(5)12(16)8-17-10(3)4/h9-10H,6-8H2,1-5H3,(H,13,15). The number of rotatable bonds is 7. The third-order valence-electron chi connectivity index (χ3n) is 2.05. The molecule has 2 amide bonds. The fourth-order valence-corrected chi connectivity index (χ4v) is 1.03. The minimum atomic E-state index is -0.182. The monoisotopic (exact) mass is 244 g/mol. The minimum absolute atomic E-state index is 0.0158. The minimum Gasteiger partial charge on any atom is -0.369 e. The van der Waals surface area contributed by atoms with E-state index in [2.05, 4.69) is 5.32 Å². The Labute approximate surface area is 103 Å². The molecule has 0 aliphatic carbocycles. The molecule has 0 unspecified atom stereocenters. The van der Waals surface area contributed by atoms with Crippen molar-refractivity contribution in [1.82, 2.24) is 10.2 Å². The summed E-state index contributed by atoms with van der Waals surface area (Å²) in [6.45, 7) is 8.49. The van der Waals surface area contributed by atoms with Crippen LogP contribution in [0.2, 0.25) is 0 Å². The lowest BCUT2D eigenvalue weighted by Gasteiger charge is -2.18. The highest BCUT2D eigenvalue weighted by molar-refractivity contribution is 5.85. The van der Waals surface area contributed by atoms with Crippen molar-refractivity contribution >= 4 is 11.8 Å². The molecule has 0 saturated heterocycles. The van der Waals surface area contributed by atoms with Crippen molar-refractivity contribution in [3.8, 4) is 0 Å². The average molecular weight is 244 g/mol. The van der Waals surface area contributed by atoms with Gasteiger partial charge in [0.1, 0.15) is 6.61 Å². The van der Waals surface area contributed by atoms with Gasteiger partial charge in [0.15, 0.2) is 0 Å². The van der Waals surface area contributed by atoms with Crippen LogP contribution in [-0.4, -0.2) is 49.6 Å². The third-order valence-corrected chi connectivity index (χ3v) is 2.05. The molecule has 0 atom stereocenters. The zero-order valence-electron chi connectivity index (χ0n) is 11.4. The number of nitrogens with zero attached hydrogens (tertiary/aromatic N) is 1. The summed E-state index contributed by atoms with van der Waals surface area (Å²) in [5, 5.41) is 2.76. The van der Waals surface area contributed by atoms with Crippen molar-refractivity contribution in [3.63, 3.8) is 0 Å². The number of ether oxygens (including phenoxy) is 1. The van der Waals surface area contributed by atoms with Gasteiger partial charge in [0.25, 0.3) is 0 Å². The summed E-state index contributed by atoms with van der Waals surface area (Å²) in [6.07, 6.45) is 0.0158. The Hall–Kier alpha value is -1.10. The second kappa shape index (κ2) is 8.06. The first-order valence-electron chi connectivity index (χ1n) is 5.95. The van der Waals surface area contributed by atoms with Gasteiger partial charge in [-0.3, -0.25) is 9.59 Å². The van der Waals surface area contributed by atoms with Gasteiger partial charge in [-0.15, -0.1) is 0 Å². The number of amides is 2. The zero-order chi connectivity index (χ0) is 13.4. The summed E-state index contributed by atoms with van der Waals surface area (Å²) in [6, 6.07) is 0. The normalized spacial score (nSPS) is 10.8. The van der Waals surface area contributed by atoms with Crippen LogP contribution in [0.4, 0.5) is 0 Å². The lowest BCUT2D eigenvalue weighted by atomic mass is 10.2. The molecule has 0 rings (SSSR count). The van der Waals surface area contributed by atoms with E-state index in [9.17, 15) is 9.59 Å². The number of nitrogens with one attached hydrogen (secondary N) is 1. The zero-order valence-corrected chi connectivity index (χ0v) is 11.4. The van der Waals surface area contributed by atoms with Crippen molar-refractivity contribution < 1.29 is 14.3 Å². The lowest BCUT2D eigenvalue weighted by Crippen LogP contribution is -2.41. The predicted octanol–water partition coefficient (Wildman–Crippen LogP) is 0.642. The molecule has 0 aromatic rings. The first-order valence-corrected chi connectivity index (χ1v) is 5.95. The van der Waals surface area contributed by atoms with Gasteiger partial charge >= 0.3 is 0 Å². The first kappa shape index (κ1) is 15.9. The van der Waals surface area contributed by atoms with E-state index in [1.165, 1.54) is 4.90 Å². The summed E-state index contributed by atoms with van der Waals surface area (Å²) in [4.78, 5) is 24.4. The van der Waals surface area contributed by atoms with Crippen molar-refractivity contribution in [2.45, 2.75) is 33.8 Å². The molecule has 5 nitrogen and oxygen atoms in total. The summed E-state index contributed by atoms with van der Waals surface area (Å²) < 4.78 is 5.18. The van der Waals surface area contributed by atoms with Crippen LogP contribution in [0, 0.1) is 5.92 Å². The average Bonchev–Trinajstić information content (AvgIpc) is 2.22. The Morgan fingerprint density at radius 3 is 2.29 bits per heavy atom. The van der Waals surface area contributed by atoms with Gasteiger partial charge in [-0.2, -0.15) is 0 Å². The van der Waals surface area contributed by atoms with E-state index in [0.717, 1.165) is 0 Å². The molecule has 0 fully saturated rings. The third kappa shape index (κ3) is 8.68. The van der Waals surface area contributed by atoms with Crippen LogP contribution in [0.25, 0.3) is 0 Å². The lowest BCUT2D eigenvalue weighted by molar-refractivity contribution is -0.139. The van der Waals surface area contributed by atoms with Crippen molar-refractivity contribution in [3.05, 3.63) is 0 Å². The summed E-state index contributed by atoms with van der Waals surface area (Å²) in [5.41, 5.74) is 0. The van der Waals surface area contributed by atoms with Crippen LogP contribution in [-0.2, 0) is 14.3 Å². The van der Waals surface area contributed by atoms with Gasteiger partial charge in [-0.05, 0) is 19.8 Å². The highest BCUT2D eigenvalue weighted by Gasteiger charge is 2.13. The van der Waals surface area contributed by atoms with Crippen molar-refractivity contribution in [2.75, 3.05) is 26.7 Å². The Balaban J connectivity index is 3.86. The van der Waals surface area contributed by atoms with E-state index in [4.69, 9.17) is 4.74 Å². The molecule has 0 bridgehead atoms. The Kier molecular flexibility index (Phi) is 7.54. The maximum atomic E-state index is 11.5. The SMILES string of the molecule is CC(C)CNC(=O)CN(C)C(=O)COC(C)C. The molecule has 0 aromatic carbocycles. The van der Waals surface area contributed by atoms with Gasteiger partial charge in [0, 0.05) is 13.6 Å². The molecule has 0 radical (unpaired) electrons. The topological polar surface area (TPSA) is 58.6 Å². The highest BCUT2D eigenvalue weighted by Crippen LogP contribution is 1.92. The van der Waals surface area contributed by atoms with Gasteiger partial charge in [-0.25, -0.2) is 0 Å². The highest BCUT2D eigenvalue weighted by atomic mass is 16.5. The maximum Gasteiger partial charge on any atom is 0.248 e. The van der Waals surface area contributed by atoms with E-state index < -0.39 is 0 Å². The fourth-order valence-electron chi connectivity index (χ4n) is 1.03. The van der Waals surface area contributed by atoms with E-state index in [1.807, 2.05) is 27.7 Å². The number of hydrogen-bond acceptors (Lipinski definition) is 3. The molecule has 1 N–H and O–H groups in total. The molecule has 0 saturated carbocycles. The van der Waals surface area contributed by atoms with E-state index in [1.54, 1.807) is 7.05 Å². The van der Waals surface area contributed by atoms with E-state index in [-0.39, 0.29) is 31.1 Å². The molecule has 0 heterocycles. The smallest absolute Gasteiger partial charge is 0.248 e. The molecule has 0 aliphatic heterocycles. The van der Waals surface area contributed by atoms with Gasteiger partial charge in [0.05, 0.1) is 12.6 Å². The maximum absolute atomic E-state index is 11.5. The van der Waals surface area contributed by atoms with Crippen LogP contribution < -0.4 is 5.32 Å². The summed E-state index contributed by atoms with van der Waals surface area (Å²) in [5.74, 6) is 0.0849. The predicted molar refractivity (Wildman–Crippen MR) is 66.6 cm³/mol. The summed E-state index contributed by atoms with van der Waals surface area (Å²) >= 11 is 0. The Morgan fingerprint density at radius 1 is 1.24 bits per heavy atom. The Bertz CT molecular complexity index is 252. The first-order chi connectivity index (χ1) is 7.82. The Morgan fingerprint density at radius 2 is 1.82 bits per heavy atom. The molecular weight excluding hydrogens is 220 g/mol. The number of carbonyl (C=O) groups is 2. The van der Waals surface area contributed by atoms with Crippen LogP contribution in [0.1, 0.15) is 27.7 Å². The number of likely N-dealkylation sites (N-methyl/N-ethyl adjacent to an activating group) is 1. The largest absolute Gasteiger partial charge is 0.369 e. The summed E-state index contributed by atoms with van der Waals surface area (Å²) in [7, 11) is 1.60.